The Hall–Kier alpha value is -2.66. The van der Waals surface area contributed by atoms with E-state index in [0.717, 1.165) is 12.8 Å². The summed E-state index contributed by atoms with van der Waals surface area (Å²) in [7, 11) is 0. The van der Waals surface area contributed by atoms with Crippen molar-refractivity contribution >= 4 is 11.9 Å². The van der Waals surface area contributed by atoms with Crippen molar-refractivity contribution in [2.45, 2.75) is 64.8 Å². The summed E-state index contributed by atoms with van der Waals surface area (Å²) in [5.74, 6) is -0.0208. The molecule has 2 bridgehead atoms. The third-order valence-corrected chi connectivity index (χ3v) is 7.86. The maximum atomic E-state index is 13.0. The monoisotopic (exact) mass is 447 g/mol. The second-order valence-electron chi connectivity index (χ2n) is 11.4. The molecule has 0 radical (unpaired) electrons. The summed E-state index contributed by atoms with van der Waals surface area (Å²) >= 11 is 0. The fourth-order valence-electron chi connectivity index (χ4n) is 7.18. The lowest BCUT2D eigenvalue weighted by Gasteiger charge is -2.54. The molecule has 1 N–H and O–H groups in total. The van der Waals surface area contributed by atoms with Gasteiger partial charge in [0.2, 0.25) is 0 Å². The van der Waals surface area contributed by atoms with Crippen LogP contribution in [0.25, 0.3) is 0 Å². The third-order valence-electron chi connectivity index (χ3n) is 7.86. The number of rotatable bonds is 4. The van der Waals surface area contributed by atoms with Crippen LogP contribution in [0.4, 0.5) is 0 Å². The van der Waals surface area contributed by atoms with Crippen LogP contribution in [0.15, 0.2) is 60.7 Å². The summed E-state index contributed by atoms with van der Waals surface area (Å²) in [5, 5.41) is 3.72. The second kappa shape index (κ2) is 7.98. The van der Waals surface area contributed by atoms with Gasteiger partial charge in [-0.2, -0.15) is 0 Å². The standard InChI is InChI=1S/C28H33NO4/c1-27(2)15-19-20(28(3,4)16-27)22-24(33-26(31)18-13-9-6-10-14-18)23(21(19)29-22)32-25(30)17-11-7-5-8-12-17/h5-14,19-24,29H,15-16H2,1-4H3. The number of fused-ring (bicyclic) bond motifs is 5. The van der Waals surface area contributed by atoms with Gasteiger partial charge in [0, 0.05) is 0 Å². The van der Waals surface area contributed by atoms with Crippen LogP contribution in [0.5, 0.6) is 0 Å². The smallest absolute Gasteiger partial charge is 0.338 e. The Bertz CT molecular complexity index is 1030. The van der Waals surface area contributed by atoms with Gasteiger partial charge in [-0.3, -0.25) is 0 Å². The number of ether oxygens (including phenoxy) is 2. The predicted octanol–water partition coefficient (Wildman–Crippen LogP) is 4.87. The molecule has 0 amide bonds. The van der Waals surface area contributed by atoms with Gasteiger partial charge < -0.3 is 14.8 Å². The summed E-state index contributed by atoms with van der Waals surface area (Å²) in [5.41, 5.74) is 1.31. The van der Waals surface area contributed by atoms with E-state index in [-0.39, 0.29) is 34.9 Å². The molecule has 6 unspecified atom stereocenters. The Balaban J connectivity index is 1.46. The molecule has 6 atom stereocenters. The average molecular weight is 448 g/mol. The van der Waals surface area contributed by atoms with E-state index in [1.807, 2.05) is 36.4 Å². The Kier molecular flexibility index (Phi) is 5.36. The maximum absolute atomic E-state index is 13.0. The van der Waals surface area contributed by atoms with Crippen LogP contribution >= 0.6 is 0 Å². The zero-order valence-electron chi connectivity index (χ0n) is 19.8. The molecule has 5 rings (SSSR count). The fraction of sp³-hybridized carbons (Fsp3) is 0.500. The lowest BCUT2D eigenvalue weighted by atomic mass is 9.52. The van der Waals surface area contributed by atoms with Crippen LogP contribution in [0.3, 0.4) is 0 Å². The quantitative estimate of drug-likeness (QED) is 0.678. The number of carbonyl (C=O) groups excluding carboxylic acids is 2. The van der Waals surface area contributed by atoms with Crippen LogP contribution in [0, 0.1) is 22.7 Å². The Labute approximate surface area is 195 Å². The summed E-state index contributed by atoms with van der Waals surface area (Å²) in [4.78, 5) is 26.0. The molecular weight excluding hydrogens is 414 g/mol. The molecule has 2 heterocycles. The molecule has 3 fully saturated rings. The first-order chi connectivity index (χ1) is 15.7. The first-order valence-corrected chi connectivity index (χ1v) is 11.9. The van der Waals surface area contributed by atoms with Crippen molar-refractivity contribution in [1.29, 1.82) is 0 Å². The molecule has 3 aliphatic rings. The molecule has 1 saturated carbocycles. The number of esters is 2. The van der Waals surface area contributed by atoms with Crippen LogP contribution in [-0.4, -0.2) is 36.2 Å². The second-order valence-corrected chi connectivity index (χ2v) is 11.4. The van der Waals surface area contributed by atoms with Crippen molar-refractivity contribution < 1.29 is 19.1 Å². The van der Waals surface area contributed by atoms with Crippen molar-refractivity contribution in [2.24, 2.45) is 22.7 Å². The minimum atomic E-state index is -0.517. The van der Waals surface area contributed by atoms with Crippen LogP contribution in [0.2, 0.25) is 0 Å². The zero-order valence-corrected chi connectivity index (χ0v) is 19.8. The van der Waals surface area contributed by atoms with E-state index in [1.165, 1.54) is 0 Å². The molecule has 2 aliphatic heterocycles. The zero-order chi connectivity index (χ0) is 23.4. The summed E-state index contributed by atoms with van der Waals surface area (Å²) in [6, 6.07) is 18.0. The summed E-state index contributed by atoms with van der Waals surface area (Å²) < 4.78 is 12.2. The number of carbonyl (C=O) groups is 2. The molecule has 5 heteroatoms. The Morgan fingerprint density at radius 3 is 1.79 bits per heavy atom. The lowest BCUT2D eigenvalue weighted by molar-refractivity contribution is -0.0987. The van der Waals surface area contributed by atoms with Crippen molar-refractivity contribution in [3.05, 3.63) is 71.8 Å². The molecule has 5 nitrogen and oxygen atoms in total. The van der Waals surface area contributed by atoms with Gasteiger partial charge >= 0.3 is 11.9 Å². The Morgan fingerprint density at radius 2 is 1.27 bits per heavy atom. The van der Waals surface area contributed by atoms with Gasteiger partial charge in [-0.1, -0.05) is 64.1 Å². The number of nitrogens with one attached hydrogen (secondary N) is 1. The summed E-state index contributed by atoms with van der Waals surface area (Å²) in [6.07, 6.45) is 1.15. The minimum absolute atomic E-state index is 0.0277. The van der Waals surface area contributed by atoms with E-state index in [0.29, 0.717) is 23.0 Å². The largest absolute Gasteiger partial charge is 0.453 e. The molecule has 174 valence electrons. The minimum Gasteiger partial charge on any atom is -0.453 e. The lowest BCUT2D eigenvalue weighted by Crippen LogP contribution is -2.57. The highest BCUT2D eigenvalue weighted by Crippen LogP contribution is 2.60. The van der Waals surface area contributed by atoms with E-state index in [9.17, 15) is 9.59 Å². The van der Waals surface area contributed by atoms with Crippen molar-refractivity contribution in [3.63, 3.8) is 0 Å². The normalized spacial score (nSPS) is 33.2. The SMILES string of the molecule is CC1(C)CC2C3NC(C(OC(=O)c4ccccc4)C3OC(=O)c3ccccc3)C2C(C)(C)C1. The van der Waals surface area contributed by atoms with Crippen molar-refractivity contribution in [2.75, 3.05) is 0 Å². The van der Waals surface area contributed by atoms with E-state index in [4.69, 9.17) is 9.47 Å². The van der Waals surface area contributed by atoms with E-state index in [2.05, 4.69) is 33.0 Å². The van der Waals surface area contributed by atoms with Gasteiger partial charge in [-0.25, -0.2) is 9.59 Å². The number of hydrogen-bond donors (Lipinski definition) is 1. The molecule has 33 heavy (non-hydrogen) atoms. The first-order valence-electron chi connectivity index (χ1n) is 11.9. The van der Waals surface area contributed by atoms with E-state index >= 15 is 0 Å². The number of hydrogen-bond acceptors (Lipinski definition) is 5. The maximum Gasteiger partial charge on any atom is 0.338 e. The molecule has 2 aromatic rings. The molecule has 2 saturated heterocycles. The van der Waals surface area contributed by atoms with Gasteiger partial charge in [0.15, 0.2) is 12.2 Å². The molecule has 0 spiro atoms. The van der Waals surface area contributed by atoms with Crippen molar-refractivity contribution in [3.8, 4) is 0 Å². The highest BCUT2D eigenvalue weighted by molar-refractivity contribution is 5.90. The molecular formula is C28H33NO4. The van der Waals surface area contributed by atoms with Crippen LogP contribution < -0.4 is 5.32 Å². The van der Waals surface area contributed by atoms with Gasteiger partial charge in [-0.15, -0.1) is 0 Å². The van der Waals surface area contributed by atoms with E-state index in [1.54, 1.807) is 24.3 Å². The third kappa shape index (κ3) is 3.97. The van der Waals surface area contributed by atoms with E-state index < -0.39 is 12.2 Å². The number of benzene rings is 2. The first kappa shape index (κ1) is 22.1. The van der Waals surface area contributed by atoms with Gasteiger partial charge in [-0.05, 0) is 59.8 Å². The van der Waals surface area contributed by atoms with Gasteiger partial charge in [0.25, 0.3) is 0 Å². The van der Waals surface area contributed by atoms with Crippen LogP contribution in [-0.2, 0) is 9.47 Å². The summed E-state index contributed by atoms with van der Waals surface area (Å²) in [6.45, 7) is 9.31. The average Bonchev–Trinajstić information content (AvgIpc) is 3.30. The van der Waals surface area contributed by atoms with Crippen LogP contribution in [0.1, 0.15) is 61.3 Å². The predicted molar refractivity (Wildman–Crippen MR) is 126 cm³/mol. The Morgan fingerprint density at radius 1 is 0.788 bits per heavy atom. The highest BCUT2D eigenvalue weighted by Gasteiger charge is 2.66. The molecule has 0 aromatic heterocycles. The topological polar surface area (TPSA) is 64.6 Å². The van der Waals surface area contributed by atoms with Gasteiger partial charge in [0.05, 0.1) is 23.2 Å². The fourth-order valence-corrected chi connectivity index (χ4v) is 7.18. The molecule has 1 aliphatic carbocycles. The van der Waals surface area contributed by atoms with Gasteiger partial charge in [0.1, 0.15) is 0 Å². The molecule has 2 aromatic carbocycles. The highest BCUT2D eigenvalue weighted by atomic mass is 16.6. The van der Waals surface area contributed by atoms with Crippen molar-refractivity contribution in [1.82, 2.24) is 5.32 Å².